The number of aryl methyl sites for hydroxylation is 1. The Bertz CT molecular complexity index is 588. The van der Waals surface area contributed by atoms with Gasteiger partial charge in [0.25, 0.3) is 0 Å². The van der Waals surface area contributed by atoms with E-state index >= 15 is 0 Å². The zero-order valence-electron chi connectivity index (χ0n) is 10.8. The van der Waals surface area contributed by atoms with E-state index in [0.717, 1.165) is 11.3 Å². The first kappa shape index (κ1) is 14.8. The molecule has 0 aliphatic carbocycles. The Balaban J connectivity index is 1.80. The van der Waals surface area contributed by atoms with E-state index in [0.29, 0.717) is 29.4 Å². The number of hydrogen-bond acceptors (Lipinski definition) is 2. The first-order valence-corrected chi connectivity index (χ1v) is 7.01. The van der Waals surface area contributed by atoms with Gasteiger partial charge in [0.15, 0.2) is 0 Å². The molecule has 0 unspecified atom stereocenters. The summed E-state index contributed by atoms with van der Waals surface area (Å²) >= 11 is 11.9. The predicted octanol–water partition coefficient (Wildman–Crippen LogP) is 3.64. The van der Waals surface area contributed by atoms with E-state index in [1.165, 1.54) is 0 Å². The van der Waals surface area contributed by atoms with Gasteiger partial charge in [-0.2, -0.15) is 0 Å². The van der Waals surface area contributed by atoms with Gasteiger partial charge in [-0.05, 0) is 36.2 Å². The minimum absolute atomic E-state index is 0.0262. The number of nitrogens with one attached hydrogen (secondary N) is 1. The molecule has 0 saturated heterocycles. The molecule has 0 fully saturated rings. The largest absolute Gasteiger partial charge is 0.350 e. The Kier molecular flexibility index (Phi) is 5.39. The Morgan fingerprint density at radius 3 is 2.75 bits per heavy atom. The molecule has 0 spiro atoms. The topological polar surface area (TPSA) is 42.0 Å². The van der Waals surface area contributed by atoms with Crippen LogP contribution in [0, 0.1) is 0 Å². The number of carbonyl (C=O) groups excluding carboxylic acids is 1. The lowest BCUT2D eigenvalue weighted by atomic mass is 10.1. The van der Waals surface area contributed by atoms with Crippen LogP contribution < -0.4 is 5.32 Å². The molecular formula is C15H14Cl2N2O. The van der Waals surface area contributed by atoms with Crippen molar-refractivity contribution in [3.63, 3.8) is 0 Å². The summed E-state index contributed by atoms with van der Waals surface area (Å²) in [6.45, 7) is 0.439. The van der Waals surface area contributed by atoms with E-state index in [4.69, 9.17) is 23.2 Å². The summed E-state index contributed by atoms with van der Waals surface area (Å²) in [5.74, 6) is -0.0262. The zero-order valence-corrected chi connectivity index (χ0v) is 12.3. The summed E-state index contributed by atoms with van der Waals surface area (Å²) < 4.78 is 0. The van der Waals surface area contributed by atoms with Gasteiger partial charge >= 0.3 is 0 Å². The highest BCUT2D eigenvalue weighted by atomic mass is 35.5. The number of rotatable bonds is 5. The van der Waals surface area contributed by atoms with Crippen LogP contribution in [0.3, 0.4) is 0 Å². The van der Waals surface area contributed by atoms with Crippen LogP contribution in [-0.2, 0) is 17.8 Å². The van der Waals surface area contributed by atoms with Crippen molar-refractivity contribution >= 4 is 29.1 Å². The molecule has 1 aromatic heterocycles. The minimum atomic E-state index is -0.0262. The molecule has 1 amide bonds. The van der Waals surface area contributed by atoms with Crippen molar-refractivity contribution in [1.82, 2.24) is 10.3 Å². The maximum atomic E-state index is 11.8. The molecule has 0 bridgehead atoms. The van der Waals surface area contributed by atoms with Gasteiger partial charge in [-0.15, -0.1) is 0 Å². The normalized spacial score (nSPS) is 10.3. The molecule has 0 atom stereocenters. The van der Waals surface area contributed by atoms with Gasteiger partial charge in [-0.1, -0.05) is 35.3 Å². The number of benzene rings is 1. The maximum Gasteiger partial charge on any atom is 0.220 e. The second kappa shape index (κ2) is 7.27. The second-order valence-electron chi connectivity index (χ2n) is 4.33. The first-order chi connectivity index (χ1) is 9.65. The Hall–Kier alpha value is -1.58. The molecule has 0 aliphatic rings. The van der Waals surface area contributed by atoms with Crippen molar-refractivity contribution in [1.29, 1.82) is 0 Å². The van der Waals surface area contributed by atoms with Crippen molar-refractivity contribution in [3.8, 4) is 0 Å². The van der Waals surface area contributed by atoms with Gasteiger partial charge in [0.05, 0.1) is 12.2 Å². The van der Waals surface area contributed by atoms with Crippen molar-refractivity contribution in [2.24, 2.45) is 0 Å². The highest BCUT2D eigenvalue weighted by Gasteiger charge is 2.06. The van der Waals surface area contributed by atoms with E-state index in [1.54, 1.807) is 18.3 Å². The first-order valence-electron chi connectivity index (χ1n) is 6.25. The number of aromatic nitrogens is 1. The monoisotopic (exact) mass is 308 g/mol. The minimum Gasteiger partial charge on any atom is -0.350 e. The summed E-state index contributed by atoms with van der Waals surface area (Å²) in [7, 11) is 0. The molecule has 104 valence electrons. The number of amides is 1. The van der Waals surface area contributed by atoms with Crippen LogP contribution in [-0.4, -0.2) is 10.9 Å². The molecule has 5 heteroatoms. The van der Waals surface area contributed by atoms with Crippen LogP contribution in [0.25, 0.3) is 0 Å². The Morgan fingerprint density at radius 2 is 2.05 bits per heavy atom. The van der Waals surface area contributed by atoms with Crippen LogP contribution in [0.15, 0.2) is 42.6 Å². The molecule has 0 saturated carbocycles. The summed E-state index contributed by atoms with van der Waals surface area (Å²) in [4.78, 5) is 15.9. The average molecular weight is 309 g/mol. The maximum absolute atomic E-state index is 11.8. The fourth-order valence-corrected chi connectivity index (χ4v) is 2.26. The summed E-state index contributed by atoms with van der Waals surface area (Å²) in [5, 5.41) is 4.02. The van der Waals surface area contributed by atoms with Crippen LogP contribution >= 0.6 is 23.2 Å². The van der Waals surface area contributed by atoms with Crippen molar-refractivity contribution in [2.45, 2.75) is 19.4 Å². The number of carbonyl (C=O) groups is 1. The Morgan fingerprint density at radius 1 is 1.20 bits per heavy atom. The lowest BCUT2D eigenvalue weighted by Crippen LogP contribution is -2.23. The number of hydrogen-bond donors (Lipinski definition) is 1. The predicted molar refractivity (Wildman–Crippen MR) is 80.9 cm³/mol. The third-order valence-electron chi connectivity index (χ3n) is 2.83. The average Bonchev–Trinajstić information content (AvgIpc) is 2.45. The smallest absolute Gasteiger partial charge is 0.220 e. The van der Waals surface area contributed by atoms with Crippen LogP contribution in [0.1, 0.15) is 17.7 Å². The molecule has 0 radical (unpaired) electrons. The fraction of sp³-hybridized carbons (Fsp3) is 0.200. The Labute approximate surface area is 127 Å². The molecule has 1 heterocycles. The zero-order chi connectivity index (χ0) is 14.4. The molecule has 2 rings (SSSR count). The van der Waals surface area contributed by atoms with Gasteiger partial charge in [0.1, 0.15) is 0 Å². The van der Waals surface area contributed by atoms with Crippen LogP contribution in [0.4, 0.5) is 0 Å². The van der Waals surface area contributed by atoms with Gasteiger partial charge in [0.2, 0.25) is 5.91 Å². The lowest BCUT2D eigenvalue weighted by molar-refractivity contribution is -0.121. The SMILES string of the molecule is O=C(CCc1ccc(Cl)cc1Cl)NCc1ccccn1. The molecular weight excluding hydrogens is 295 g/mol. The molecule has 3 nitrogen and oxygen atoms in total. The lowest BCUT2D eigenvalue weighted by Gasteiger charge is -2.06. The molecule has 1 aromatic carbocycles. The third kappa shape index (κ3) is 4.51. The van der Waals surface area contributed by atoms with E-state index in [9.17, 15) is 4.79 Å². The van der Waals surface area contributed by atoms with E-state index in [-0.39, 0.29) is 5.91 Å². The second-order valence-corrected chi connectivity index (χ2v) is 5.18. The van der Waals surface area contributed by atoms with Gasteiger partial charge in [-0.3, -0.25) is 9.78 Å². The van der Waals surface area contributed by atoms with Gasteiger partial charge in [-0.25, -0.2) is 0 Å². The summed E-state index contributed by atoms with van der Waals surface area (Å²) in [5.41, 5.74) is 1.76. The fourth-order valence-electron chi connectivity index (χ4n) is 1.75. The molecule has 1 N–H and O–H groups in total. The quantitative estimate of drug-likeness (QED) is 0.916. The summed E-state index contributed by atoms with van der Waals surface area (Å²) in [6, 6.07) is 10.9. The van der Waals surface area contributed by atoms with Gasteiger partial charge in [0, 0.05) is 22.7 Å². The van der Waals surface area contributed by atoms with Crippen molar-refractivity contribution in [2.75, 3.05) is 0 Å². The van der Waals surface area contributed by atoms with E-state index in [1.807, 2.05) is 24.3 Å². The number of pyridine rings is 1. The van der Waals surface area contributed by atoms with Crippen molar-refractivity contribution in [3.05, 3.63) is 63.9 Å². The number of nitrogens with zero attached hydrogens (tertiary/aromatic N) is 1. The standard InChI is InChI=1S/C15H14Cl2N2O/c16-12-6-4-11(14(17)9-12)5-7-15(20)19-10-13-3-1-2-8-18-13/h1-4,6,8-9H,5,7,10H2,(H,19,20). The highest BCUT2D eigenvalue weighted by Crippen LogP contribution is 2.21. The van der Waals surface area contributed by atoms with E-state index < -0.39 is 0 Å². The summed E-state index contributed by atoms with van der Waals surface area (Å²) in [6.07, 6.45) is 2.67. The van der Waals surface area contributed by atoms with E-state index in [2.05, 4.69) is 10.3 Å². The number of halogens is 2. The highest BCUT2D eigenvalue weighted by molar-refractivity contribution is 6.35. The van der Waals surface area contributed by atoms with Crippen LogP contribution in [0.5, 0.6) is 0 Å². The molecule has 0 aliphatic heterocycles. The van der Waals surface area contributed by atoms with Gasteiger partial charge < -0.3 is 5.32 Å². The molecule has 2 aromatic rings. The molecule has 20 heavy (non-hydrogen) atoms. The third-order valence-corrected chi connectivity index (χ3v) is 3.42. The van der Waals surface area contributed by atoms with Crippen molar-refractivity contribution < 1.29 is 4.79 Å². The van der Waals surface area contributed by atoms with Crippen LogP contribution in [0.2, 0.25) is 10.0 Å².